The summed E-state index contributed by atoms with van der Waals surface area (Å²) in [5, 5.41) is 9.16. The molecule has 2 saturated heterocycles. The van der Waals surface area contributed by atoms with Crippen molar-refractivity contribution in [3.63, 3.8) is 0 Å². The second kappa shape index (κ2) is 14.6. The van der Waals surface area contributed by atoms with Gasteiger partial charge in [-0.3, -0.25) is 24.0 Å². The molecule has 42 heavy (non-hydrogen) atoms. The molecular formula is C26H40F3N5O8. The number of hydrogen-bond acceptors (Lipinski definition) is 8. The third-order valence-electron chi connectivity index (χ3n) is 7.02. The van der Waals surface area contributed by atoms with E-state index in [0.29, 0.717) is 19.4 Å². The van der Waals surface area contributed by atoms with Gasteiger partial charge in [0.25, 0.3) is 5.91 Å². The first-order valence-electron chi connectivity index (χ1n) is 13.7. The van der Waals surface area contributed by atoms with Crippen molar-refractivity contribution in [3.05, 3.63) is 0 Å². The molecule has 2 aliphatic rings. The summed E-state index contributed by atoms with van der Waals surface area (Å²) in [5.41, 5.74) is -0.868. The van der Waals surface area contributed by atoms with Crippen LogP contribution in [0.25, 0.3) is 0 Å². The van der Waals surface area contributed by atoms with Crippen molar-refractivity contribution in [2.45, 2.75) is 83.8 Å². The third-order valence-corrected chi connectivity index (χ3v) is 7.02. The predicted octanol–water partition coefficient (Wildman–Crippen LogP) is 0.412. The topological polar surface area (TPSA) is 172 Å². The van der Waals surface area contributed by atoms with Crippen LogP contribution in [0.5, 0.6) is 0 Å². The van der Waals surface area contributed by atoms with Crippen LogP contribution < -0.4 is 21.3 Å². The molecule has 2 rings (SSSR count). The fourth-order valence-corrected chi connectivity index (χ4v) is 4.69. The zero-order valence-corrected chi connectivity index (χ0v) is 24.4. The van der Waals surface area contributed by atoms with Gasteiger partial charge in [0.15, 0.2) is 0 Å². The number of ether oxygens (including phenoxy) is 2. The van der Waals surface area contributed by atoms with E-state index in [2.05, 4.69) is 16.0 Å². The molecule has 5 amide bonds. The van der Waals surface area contributed by atoms with Gasteiger partial charge < -0.3 is 35.6 Å². The number of carbonyl (C=O) groups excluding carboxylic acids is 6. The number of alkyl halides is 3. The molecule has 0 bridgehead atoms. The van der Waals surface area contributed by atoms with Gasteiger partial charge in [0.1, 0.15) is 24.7 Å². The fraction of sp³-hybridized carbons (Fsp3) is 0.769. The first-order valence-corrected chi connectivity index (χ1v) is 13.7. The number of urea groups is 1. The third kappa shape index (κ3) is 10.1. The number of halogens is 3. The molecule has 0 aromatic carbocycles. The number of nitrogens with one attached hydrogen (secondary N) is 4. The van der Waals surface area contributed by atoms with E-state index in [1.807, 2.05) is 5.32 Å². The summed E-state index contributed by atoms with van der Waals surface area (Å²) < 4.78 is 48.9. The number of likely N-dealkylation sites (N-methyl/N-ethyl adjacent to an activating group) is 1. The molecule has 2 fully saturated rings. The van der Waals surface area contributed by atoms with Gasteiger partial charge in [-0.05, 0) is 24.2 Å². The lowest BCUT2D eigenvalue weighted by Crippen LogP contribution is -2.60. The molecule has 0 radical (unpaired) electrons. The lowest BCUT2D eigenvalue weighted by molar-refractivity contribution is -0.147. The summed E-state index contributed by atoms with van der Waals surface area (Å²) >= 11 is 0. The second-order valence-corrected chi connectivity index (χ2v) is 11.5. The Hall–Kier alpha value is -3.43. The average Bonchev–Trinajstić information content (AvgIpc) is 3.55. The Balaban J connectivity index is 2.13. The Bertz CT molecular complexity index is 1030. The van der Waals surface area contributed by atoms with Crippen molar-refractivity contribution in [1.82, 2.24) is 26.2 Å². The van der Waals surface area contributed by atoms with Crippen LogP contribution in [0.15, 0.2) is 0 Å². The van der Waals surface area contributed by atoms with E-state index in [-0.39, 0.29) is 13.2 Å². The molecule has 0 aliphatic carbocycles. The first kappa shape index (κ1) is 34.8. The quantitative estimate of drug-likeness (QED) is 0.193. The first-order chi connectivity index (χ1) is 19.4. The Morgan fingerprint density at radius 2 is 1.71 bits per heavy atom. The normalized spacial score (nSPS) is 22.1. The lowest BCUT2D eigenvalue weighted by atomic mass is 9.85. The summed E-state index contributed by atoms with van der Waals surface area (Å²) in [7, 11) is 1.13. The highest BCUT2D eigenvalue weighted by molar-refractivity contribution is 6.38. The van der Waals surface area contributed by atoms with E-state index in [0.717, 1.165) is 7.05 Å². The number of ketones is 1. The number of Topliss-reactive ketones (excluding diaryl/α,β-unsaturated/α-hetero) is 1. The van der Waals surface area contributed by atoms with Crippen LogP contribution in [0.3, 0.4) is 0 Å². The average molecular weight is 608 g/mol. The lowest BCUT2D eigenvalue weighted by Gasteiger charge is -2.36. The van der Waals surface area contributed by atoms with Gasteiger partial charge in [-0.25, -0.2) is 4.79 Å². The minimum Gasteiger partial charge on any atom is -0.459 e. The molecule has 0 aromatic heterocycles. The van der Waals surface area contributed by atoms with Crippen molar-refractivity contribution < 1.29 is 51.4 Å². The van der Waals surface area contributed by atoms with E-state index in [9.17, 15) is 41.9 Å². The van der Waals surface area contributed by atoms with Crippen LogP contribution >= 0.6 is 0 Å². The Morgan fingerprint density at radius 1 is 1.05 bits per heavy atom. The van der Waals surface area contributed by atoms with Gasteiger partial charge in [-0.1, -0.05) is 27.7 Å². The highest BCUT2D eigenvalue weighted by Gasteiger charge is 2.46. The number of rotatable bonds is 11. The highest BCUT2D eigenvalue weighted by atomic mass is 19.4. The van der Waals surface area contributed by atoms with Gasteiger partial charge in [0.2, 0.25) is 17.6 Å². The summed E-state index contributed by atoms with van der Waals surface area (Å²) in [6.45, 7) is 7.06. The van der Waals surface area contributed by atoms with Crippen molar-refractivity contribution in [1.29, 1.82) is 0 Å². The van der Waals surface area contributed by atoms with E-state index in [1.165, 1.54) is 4.90 Å². The van der Waals surface area contributed by atoms with Gasteiger partial charge in [-0.15, -0.1) is 0 Å². The maximum Gasteiger partial charge on any atom is 0.389 e. The van der Waals surface area contributed by atoms with E-state index >= 15 is 0 Å². The molecule has 5 atom stereocenters. The fourth-order valence-electron chi connectivity index (χ4n) is 4.69. The van der Waals surface area contributed by atoms with Gasteiger partial charge in [0.05, 0.1) is 19.3 Å². The summed E-state index contributed by atoms with van der Waals surface area (Å²) in [5.74, 6) is -5.08. The smallest absolute Gasteiger partial charge is 0.389 e. The van der Waals surface area contributed by atoms with Crippen molar-refractivity contribution >= 4 is 35.5 Å². The largest absolute Gasteiger partial charge is 0.459 e. The second-order valence-electron chi connectivity index (χ2n) is 11.5. The van der Waals surface area contributed by atoms with E-state index in [4.69, 9.17) is 9.47 Å². The van der Waals surface area contributed by atoms with Crippen molar-refractivity contribution in [2.75, 3.05) is 33.4 Å². The predicted molar refractivity (Wildman–Crippen MR) is 141 cm³/mol. The molecule has 0 saturated carbocycles. The SMILES string of the molecule is CNC(=O)C(=O)C(CCC(F)(F)F)NC(=O)[C@@H]1C(C)CCN1C(=O)[C@@H](NC(=O)NCC(=O)OC1CCOC1)C(C)(C)C. The van der Waals surface area contributed by atoms with E-state index in [1.54, 1.807) is 27.7 Å². The highest BCUT2D eigenvalue weighted by Crippen LogP contribution is 2.29. The number of carbonyl (C=O) groups is 6. The van der Waals surface area contributed by atoms with Gasteiger partial charge >= 0.3 is 18.2 Å². The maximum absolute atomic E-state index is 13.7. The molecule has 13 nitrogen and oxygen atoms in total. The molecule has 0 spiro atoms. The van der Waals surface area contributed by atoms with Crippen LogP contribution in [-0.2, 0) is 33.4 Å². The molecule has 3 unspecified atom stereocenters. The van der Waals surface area contributed by atoms with Crippen molar-refractivity contribution in [2.24, 2.45) is 11.3 Å². The number of amides is 5. The van der Waals surface area contributed by atoms with Crippen molar-refractivity contribution in [3.8, 4) is 0 Å². The van der Waals surface area contributed by atoms with Gasteiger partial charge in [0, 0.05) is 26.4 Å². The Morgan fingerprint density at radius 3 is 2.26 bits per heavy atom. The number of nitrogens with zero attached hydrogens (tertiary/aromatic N) is 1. The number of likely N-dealkylation sites (tertiary alicyclic amines) is 1. The summed E-state index contributed by atoms with van der Waals surface area (Å²) in [6, 6.07) is -4.95. The van der Waals surface area contributed by atoms with Crippen LogP contribution in [0.4, 0.5) is 18.0 Å². The number of esters is 1. The Kier molecular flexibility index (Phi) is 12.1. The van der Waals surface area contributed by atoms with Crippen LogP contribution in [0, 0.1) is 11.3 Å². The molecule has 2 heterocycles. The molecule has 0 aromatic rings. The van der Waals surface area contributed by atoms with Crippen LogP contribution in [0.1, 0.15) is 53.4 Å². The number of hydrogen-bond donors (Lipinski definition) is 4. The molecule has 2 aliphatic heterocycles. The molecule has 4 N–H and O–H groups in total. The maximum atomic E-state index is 13.7. The van der Waals surface area contributed by atoms with Crippen LogP contribution in [-0.4, -0.2) is 104 Å². The molecule has 238 valence electrons. The molecular weight excluding hydrogens is 567 g/mol. The minimum atomic E-state index is -4.64. The zero-order valence-electron chi connectivity index (χ0n) is 24.4. The minimum absolute atomic E-state index is 0.0976. The van der Waals surface area contributed by atoms with Gasteiger partial charge in [-0.2, -0.15) is 13.2 Å². The van der Waals surface area contributed by atoms with E-state index < -0.39 is 96.6 Å². The summed E-state index contributed by atoms with van der Waals surface area (Å²) in [6.07, 6.45) is -6.41. The monoisotopic (exact) mass is 607 g/mol. The standard InChI is InChI=1S/C26H40F3N5O8/c1-14-7-10-34(18(14)21(37)32-16(6-9-26(27,28)29)19(36)22(38)30-5)23(39)20(25(2,3)4)33-24(40)31-12-17(35)42-15-8-11-41-13-15/h14-16,18,20H,6-13H2,1-5H3,(H,30,38)(H,32,37)(H2,31,33,40)/t14?,15?,16?,18-,20+/m0/s1. The Labute approximate surface area is 242 Å². The van der Waals surface area contributed by atoms with Crippen LogP contribution in [0.2, 0.25) is 0 Å². The molecule has 16 heteroatoms. The zero-order chi connectivity index (χ0) is 31.8. The summed E-state index contributed by atoms with van der Waals surface area (Å²) in [4.78, 5) is 77.2.